The lowest BCUT2D eigenvalue weighted by Gasteiger charge is -2.18. The summed E-state index contributed by atoms with van der Waals surface area (Å²) in [6, 6.07) is 14.2. The Balaban J connectivity index is 2.24. The highest BCUT2D eigenvalue weighted by molar-refractivity contribution is 5.83. The van der Waals surface area contributed by atoms with Crippen molar-refractivity contribution in [2.45, 2.75) is 13.0 Å². The number of benzene rings is 1. The Morgan fingerprint density at radius 1 is 1.18 bits per heavy atom. The van der Waals surface area contributed by atoms with E-state index in [-0.39, 0.29) is 5.56 Å². The number of pyridine rings is 2. The van der Waals surface area contributed by atoms with Crippen molar-refractivity contribution in [1.29, 1.82) is 0 Å². The number of esters is 1. The van der Waals surface area contributed by atoms with Gasteiger partial charge in [0.25, 0.3) is 0 Å². The van der Waals surface area contributed by atoms with Crippen LogP contribution < -0.4 is 5.56 Å². The highest BCUT2D eigenvalue weighted by Gasteiger charge is 2.21. The van der Waals surface area contributed by atoms with E-state index in [4.69, 9.17) is 4.74 Å². The van der Waals surface area contributed by atoms with Gasteiger partial charge in [-0.15, -0.1) is 0 Å². The molecule has 3 aromatic rings. The van der Waals surface area contributed by atoms with Crippen LogP contribution in [0.15, 0.2) is 59.5 Å². The van der Waals surface area contributed by atoms with E-state index in [1.807, 2.05) is 30.3 Å². The van der Waals surface area contributed by atoms with Crippen molar-refractivity contribution in [2.75, 3.05) is 0 Å². The van der Waals surface area contributed by atoms with E-state index in [1.54, 1.807) is 18.3 Å². The maximum Gasteiger partial charge on any atom is 0.303 e. The molecule has 0 amide bonds. The van der Waals surface area contributed by atoms with Crippen molar-refractivity contribution in [3.63, 3.8) is 0 Å². The minimum absolute atomic E-state index is 0.248. The van der Waals surface area contributed by atoms with E-state index >= 15 is 0 Å². The van der Waals surface area contributed by atoms with Crippen molar-refractivity contribution in [1.82, 2.24) is 9.97 Å². The van der Waals surface area contributed by atoms with Crippen molar-refractivity contribution < 1.29 is 9.53 Å². The number of hydrogen-bond acceptors (Lipinski definition) is 4. The van der Waals surface area contributed by atoms with Crippen LogP contribution in [0.4, 0.5) is 0 Å². The molecule has 1 N–H and O–H groups in total. The predicted molar refractivity (Wildman–Crippen MR) is 82.4 cm³/mol. The summed E-state index contributed by atoms with van der Waals surface area (Å²) in [5, 5.41) is 0.819. The zero-order valence-electron chi connectivity index (χ0n) is 11.9. The number of para-hydroxylation sites is 1. The number of aromatic amines is 1. The summed E-state index contributed by atoms with van der Waals surface area (Å²) in [5.74, 6) is -0.431. The molecule has 0 saturated heterocycles. The molecule has 1 aromatic carbocycles. The Morgan fingerprint density at radius 3 is 2.68 bits per heavy atom. The molecule has 0 saturated carbocycles. The second-order valence-corrected chi connectivity index (χ2v) is 4.88. The standard InChI is InChI=1S/C17H14N2O3/c1-11(20)22-17(15-8-4-5-9-18-15)13-10-16(21)19-14-7-3-2-6-12(13)14/h2-10,17H,1H3,(H,19,21). The Morgan fingerprint density at radius 2 is 1.95 bits per heavy atom. The van der Waals surface area contributed by atoms with E-state index < -0.39 is 12.1 Å². The third-order valence-electron chi connectivity index (χ3n) is 3.31. The minimum Gasteiger partial charge on any atom is -0.451 e. The summed E-state index contributed by atoms with van der Waals surface area (Å²) < 4.78 is 5.43. The highest BCUT2D eigenvalue weighted by Crippen LogP contribution is 2.29. The van der Waals surface area contributed by atoms with Crippen molar-refractivity contribution in [3.8, 4) is 0 Å². The first kappa shape index (κ1) is 14.0. The maximum atomic E-state index is 11.9. The Bertz CT molecular complexity index is 872. The van der Waals surface area contributed by atoms with Gasteiger partial charge in [0, 0.05) is 35.7 Å². The number of aromatic nitrogens is 2. The smallest absolute Gasteiger partial charge is 0.303 e. The highest BCUT2D eigenvalue weighted by atomic mass is 16.5. The van der Waals surface area contributed by atoms with E-state index in [0.717, 1.165) is 5.39 Å². The molecule has 5 nitrogen and oxygen atoms in total. The summed E-state index contributed by atoms with van der Waals surface area (Å²) in [5.41, 5.74) is 1.64. The molecule has 0 aliphatic heterocycles. The fourth-order valence-corrected chi connectivity index (χ4v) is 2.43. The van der Waals surface area contributed by atoms with Crippen LogP contribution in [0.5, 0.6) is 0 Å². The van der Waals surface area contributed by atoms with E-state index in [9.17, 15) is 9.59 Å². The van der Waals surface area contributed by atoms with Gasteiger partial charge in [-0.3, -0.25) is 14.6 Å². The molecule has 0 aliphatic carbocycles. The van der Waals surface area contributed by atoms with Gasteiger partial charge in [-0.25, -0.2) is 0 Å². The number of carbonyl (C=O) groups is 1. The first-order chi connectivity index (χ1) is 10.6. The third-order valence-corrected chi connectivity index (χ3v) is 3.31. The molecule has 0 bridgehead atoms. The normalized spacial score (nSPS) is 12.0. The first-order valence-corrected chi connectivity index (χ1v) is 6.85. The predicted octanol–water partition coefficient (Wildman–Crippen LogP) is 2.58. The number of rotatable bonds is 3. The molecule has 2 heterocycles. The quantitative estimate of drug-likeness (QED) is 0.754. The summed E-state index contributed by atoms with van der Waals surface area (Å²) in [7, 11) is 0. The Hall–Kier alpha value is -2.95. The molecular formula is C17H14N2O3. The number of nitrogens with one attached hydrogen (secondary N) is 1. The van der Waals surface area contributed by atoms with Gasteiger partial charge in [-0.05, 0) is 18.2 Å². The van der Waals surface area contributed by atoms with Gasteiger partial charge in [0.2, 0.25) is 5.56 Å². The summed E-state index contributed by atoms with van der Waals surface area (Å²) >= 11 is 0. The number of H-pyrrole nitrogens is 1. The SMILES string of the molecule is CC(=O)OC(c1ccccn1)c1cc(=O)[nH]c2ccccc12. The van der Waals surface area contributed by atoms with Gasteiger partial charge in [-0.1, -0.05) is 24.3 Å². The molecule has 1 atom stereocenters. The van der Waals surface area contributed by atoms with E-state index in [0.29, 0.717) is 16.8 Å². The molecule has 1 unspecified atom stereocenters. The number of nitrogens with zero attached hydrogens (tertiary/aromatic N) is 1. The molecule has 2 aromatic heterocycles. The zero-order valence-corrected chi connectivity index (χ0v) is 11.9. The molecule has 0 radical (unpaired) electrons. The number of carbonyl (C=O) groups excluding carboxylic acids is 1. The molecule has 0 fully saturated rings. The summed E-state index contributed by atoms with van der Waals surface area (Å²) in [6.07, 6.45) is 0.909. The van der Waals surface area contributed by atoms with Crippen LogP contribution >= 0.6 is 0 Å². The molecular weight excluding hydrogens is 280 g/mol. The van der Waals surface area contributed by atoms with Crippen molar-refractivity contribution >= 4 is 16.9 Å². The van der Waals surface area contributed by atoms with Gasteiger partial charge in [0.1, 0.15) is 0 Å². The minimum atomic E-state index is -0.717. The van der Waals surface area contributed by atoms with Crippen LogP contribution in [-0.2, 0) is 9.53 Å². The van der Waals surface area contributed by atoms with Crippen LogP contribution in [0, 0.1) is 0 Å². The van der Waals surface area contributed by atoms with E-state index in [2.05, 4.69) is 9.97 Å². The fraction of sp³-hybridized carbons (Fsp3) is 0.118. The van der Waals surface area contributed by atoms with Crippen LogP contribution in [-0.4, -0.2) is 15.9 Å². The van der Waals surface area contributed by atoms with Gasteiger partial charge < -0.3 is 9.72 Å². The van der Waals surface area contributed by atoms with E-state index in [1.165, 1.54) is 13.0 Å². The lowest BCUT2D eigenvalue weighted by Crippen LogP contribution is -2.15. The summed E-state index contributed by atoms with van der Waals surface area (Å²) in [4.78, 5) is 30.4. The molecule has 0 aliphatic rings. The van der Waals surface area contributed by atoms with Crippen molar-refractivity contribution in [2.24, 2.45) is 0 Å². The molecule has 22 heavy (non-hydrogen) atoms. The average molecular weight is 294 g/mol. The monoisotopic (exact) mass is 294 g/mol. The second kappa shape index (κ2) is 5.81. The number of hydrogen-bond donors (Lipinski definition) is 1. The van der Waals surface area contributed by atoms with Gasteiger partial charge in [0.15, 0.2) is 6.10 Å². The molecule has 110 valence electrons. The summed E-state index contributed by atoms with van der Waals surface area (Å²) in [6.45, 7) is 1.34. The van der Waals surface area contributed by atoms with Crippen LogP contribution in [0.1, 0.15) is 24.3 Å². The van der Waals surface area contributed by atoms with Gasteiger partial charge in [0.05, 0.1) is 5.69 Å². The molecule has 3 rings (SSSR count). The van der Waals surface area contributed by atoms with Crippen molar-refractivity contribution in [3.05, 3.63) is 76.3 Å². The number of fused-ring (bicyclic) bond motifs is 1. The van der Waals surface area contributed by atoms with Crippen LogP contribution in [0.3, 0.4) is 0 Å². The van der Waals surface area contributed by atoms with Crippen LogP contribution in [0.25, 0.3) is 10.9 Å². The topological polar surface area (TPSA) is 72.0 Å². The third kappa shape index (κ3) is 2.74. The first-order valence-electron chi connectivity index (χ1n) is 6.85. The number of ether oxygens (including phenoxy) is 1. The molecule has 5 heteroatoms. The lowest BCUT2D eigenvalue weighted by atomic mass is 10.0. The Labute approximate surface area is 126 Å². The zero-order chi connectivity index (χ0) is 15.5. The maximum absolute atomic E-state index is 11.9. The Kier molecular flexibility index (Phi) is 3.70. The van der Waals surface area contributed by atoms with Gasteiger partial charge >= 0.3 is 5.97 Å². The second-order valence-electron chi connectivity index (χ2n) is 4.88. The van der Waals surface area contributed by atoms with Crippen LogP contribution in [0.2, 0.25) is 0 Å². The van der Waals surface area contributed by atoms with Gasteiger partial charge in [-0.2, -0.15) is 0 Å². The fourth-order valence-electron chi connectivity index (χ4n) is 2.43. The lowest BCUT2D eigenvalue weighted by molar-refractivity contribution is -0.144. The average Bonchev–Trinajstić information content (AvgIpc) is 2.52. The molecule has 0 spiro atoms. The largest absolute Gasteiger partial charge is 0.451 e.